The number of carbonyl (C=O) groups is 1. The molecule has 1 amide bonds. The molecule has 9 heteroatoms. The van der Waals surface area contributed by atoms with E-state index in [2.05, 4.69) is 5.16 Å². The molecule has 3 aromatic carbocycles. The normalized spacial score (nSPS) is 14.7. The van der Waals surface area contributed by atoms with E-state index in [9.17, 15) is 4.79 Å². The molecule has 2 heterocycles. The number of halogens is 2. The molecule has 0 fully saturated rings. The van der Waals surface area contributed by atoms with Crippen molar-refractivity contribution in [3.05, 3.63) is 86.4 Å². The molecule has 3 aromatic rings. The first-order chi connectivity index (χ1) is 15.8. The van der Waals surface area contributed by atoms with Crippen LogP contribution in [0.15, 0.2) is 53.7 Å². The number of benzene rings is 3. The summed E-state index contributed by atoms with van der Waals surface area (Å²) < 4.78 is 5.28. The Morgan fingerprint density at radius 3 is 2.27 bits per heavy atom. The van der Waals surface area contributed by atoms with E-state index >= 15 is 0 Å². The van der Waals surface area contributed by atoms with Gasteiger partial charge in [-0.15, -0.1) is 0 Å². The topological polar surface area (TPSA) is 57.6 Å². The highest BCUT2D eigenvalue weighted by Crippen LogP contribution is 2.45. The van der Waals surface area contributed by atoms with Crippen LogP contribution < -0.4 is 14.8 Å². The number of fused-ring (bicyclic) bond motifs is 3. The van der Waals surface area contributed by atoms with Gasteiger partial charge in [0.1, 0.15) is 5.75 Å². The fraction of sp³-hybridized carbons (Fsp3) is 0.167. The number of rotatable bonds is 3. The zero-order valence-corrected chi connectivity index (χ0v) is 19.9. The number of amidine groups is 1. The average molecular weight is 483 g/mol. The number of para-hydroxylation sites is 2. The van der Waals surface area contributed by atoms with Gasteiger partial charge in [0.2, 0.25) is 5.84 Å². The lowest BCUT2D eigenvalue weighted by molar-refractivity contribution is -0.135. The number of nitrogens with zero attached hydrogens (tertiary/aromatic N) is 4. The van der Waals surface area contributed by atoms with Crippen molar-refractivity contribution in [3.8, 4) is 5.75 Å². The second-order valence-corrected chi connectivity index (χ2v) is 8.53. The molecule has 2 aliphatic rings. The summed E-state index contributed by atoms with van der Waals surface area (Å²) in [5.41, 5.74) is 5.05. The van der Waals surface area contributed by atoms with Crippen LogP contribution in [0.5, 0.6) is 5.75 Å². The molecule has 0 saturated heterocycles. The van der Waals surface area contributed by atoms with Crippen LogP contribution >= 0.6 is 23.2 Å². The maximum absolute atomic E-state index is 13.6. The fourth-order valence-electron chi connectivity index (χ4n) is 4.19. The summed E-state index contributed by atoms with van der Waals surface area (Å²) in [5.74, 6) is 0.774. The largest absolute Gasteiger partial charge is 0.497 e. The third-order valence-corrected chi connectivity index (χ3v) is 7.01. The second-order valence-electron chi connectivity index (χ2n) is 7.78. The number of hydrogen-bond donors (Lipinski definition) is 0. The average Bonchev–Trinajstić information content (AvgIpc) is 3.40. The Morgan fingerprint density at radius 2 is 1.61 bits per heavy atom. The van der Waals surface area contributed by atoms with Crippen LogP contribution in [0.2, 0.25) is 10.0 Å². The van der Waals surface area contributed by atoms with E-state index in [0.29, 0.717) is 32.9 Å². The number of anilines is 2. The first-order valence-electron chi connectivity index (χ1n) is 10.2. The smallest absolute Gasteiger partial charge is 0.277 e. The zero-order chi connectivity index (χ0) is 23.4. The molecular weight excluding hydrogens is 463 g/mol. The van der Waals surface area contributed by atoms with E-state index in [1.165, 1.54) is 10.3 Å². The monoisotopic (exact) mass is 482 g/mol. The first kappa shape index (κ1) is 21.6. The predicted molar refractivity (Wildman–Crippen MR) is 129 cm³/mol. The van der Waals surface area contributed by atoms with Gasteiger partial charge in [-0.3, -0.25) is 9.73 Å². The summed E-state index contributed by atoms with van der Waals surface area (Å²) in [4.78, 5) is 19.3. The van der Waals surface area contributed by atoms with E-state index in [4.69, 9.17) is 32.9 Å². The standard InChI is InChI=1S/C24H20Cl2N4O3/c1-13-20(14(2)22(26)15(3)21(13)25)23-27-33-30-28(23)18-10-5-6-11-19(18)29(30)24(31)16-8-7-9-17(12-16)32-4/h5-12H,1-4H3. The SMILES string of the molecule is COc1cccc(C(=O)N2c3ccccc3N3C(c4c(C)c(Cl)c(C)c(Cl)c4C)=NON23)c1. The Hall–Kier alpha value is -3.26. The third-order valence-electron chi connectivity index (χ3n) is 5.88. The van der Waals surface area contributed by atoms with Crippen molar-refractivity contribution in [1.82, 2.24) is 5.28 Å². The maximum atomic E-state index is 13.6. The number of amides is 1. The van der Waals surface area contributed by atoms with E-state index in [1.807, 2.05) is 45.0 Å². The van der Waals surface area contributed by atoms with Crippen LogP contribution in [-0.2, 0) is 4.94 Å². The predicted octanol–water partition coefficient (Wildman–Crippen LogP) is 5.83. The van der Waals surface area contributed by atoms with Gasteiger partial charge in [-0.2, -0.15) is 10.0 Å². The summed E-state index contributed by atoms with van der Waals surface area (Å²) in [6, 6.07) is 14.4. The van der Waals surface area contributed by atoms with Crippen molar-refractivity contribution >= 4 is 46.3 Å². The third kappa shape index (κ3) is 3.15. The Bertz CT molecular complexity index is 1310. The van der Waals surface area contributed by atoms with Crippen molar-refractivity contribution < 1.29 is 14.5 Å². The van der Waals surface area contributed by atoms with Crippen molar-refractivity contribution in [1.29, 1.82) is 0 Å². The van der Waals surface area contributed by atoms with Gasteiger partial charge in [-0.1, -0.05) is 41.4 Å². The lowest BCUT2D eigenvalue weighted by Crippen LogP contribution is -2.49. The zero-order valence-electron chi connectivity index (χ0n) is 18.4. The molecule has 7 nitrogen and oxygen atoms in total. The molecule has 0 spiro atoms. The first-order valence-corrected chi connectivity index (χ1v) is 11.0. The molecule has 0 atom stereocenters. The molecule has 0 bridgehead atoms. The molecule has 0 saturated carbocycles. The van der Waals surface area contributed by atoms with E-state index in [0.717, 1.165) is 27.9 Å². The van der Waals surface area contributed by atoms with Gasteiger partial charge in [0.25, 0.3) is 5.91 Å². The minimum atomic E-state index is -0.297. The number of hydrogen-bond acceptors (Lipinski definition) is 6. The second kappa shape index (κ2) is 7.95. The molecule has 0 aromatic heterocycles. The van der Waals surface area contributed by atoms with Gasteiger partial charge in [-0.05, 0) is 72.9 Å². The summed E-state index contributed by atoms with van der Waals surface area (Å²) in [7, 11) is 1.56. The highest BCUT2D eigenvalue weighted by Gasteiger charge is 2.47. The van der Waals surface area contributed by atoms with Gasteiger partial charge in [-0.25, -0.2) is 0 Å². The number of oxime groups is 1. The molecule has 5 rings (SSSR count). The lowest BCUT2D eigenvalue weighted by Gasteiger charge is -2.25. The molecule has 168 valence electrons. The minimum Gasteiger partial charge on any atom is -0.497 e. The minimum absolute atomic E-state index is 0.297. The van der Waals surface area contributed by atoms with E-state index in [-0.39, 0.29) is 5.91 Å². The molecule has 0 unspecified atom stereocenters. The summed E-state index contributed by atoms with van der Waals surface area (Å²) in [6.07, 6.45) is 0. The number of methoxy groups -OCH3 is 1. The molecular formula is C24H20Cl2N4O3. The number of ether oxygens (including phenoxy) is 1. The van der Waals surface area contributed by atoms with Gasteiger partial charge < -0.3 is 4.74 Å². The molecule has 0 N–H and O–H groups in total. The van der Waals surface area contributed by atoms with Crippen LogP contribution in [0.4, 0.5) is 11.4 Å². The van der Waals surface area contributed by atoms with Gasteiger partial charge in [0.05, 0.1) is 23.8 Å². The van der Waals surface area contributed by atoms with Crippen LogP contribution in [0.1, 0.15) is 32.6 Å². The summed E-state index contributed by atoms with van der Waals surface area (Å²) in [5, 5.41) is 9.96. The van der Waals surface area contributed by atoms with Crippen LogP contribution in [0.3, 0.4) is 0 Å². The van der Waals surface area contributed by atoms with E-state index < -0.39 is 0 Å². The Labute approximate surface area is 201 Å². The molecule has 2 aliphatic heterocycles. The maximum Gasteiger partial charge on any atom is 0.277 e. The van der Waals surface area contributed by atoms with Crippen molar-refractivity contribution in [2.75, 3.05) is 17.1 Å². The Kier molecular flexibility index (Phi) is 5.20. The molecule has 33 heavy (non-hydrogen) atoms. The molecule has 0 radical (unpaired) electrons. The van der Waals surface area contributed by atoms with Crippen molar-refractivity contribution in [2.24, 2.45) is 5.16 Å². The Morgan fingerprint density at radius 1 is 0.939 bits per heavy atom. The van der Waals surface area contributed by atoms with Crippen molar-refractivity contribution in [2.45, 2.75) is 20.8 Å². The number of hydrazine groups is 2. The van der Waals surface area contributed by atoms with Crippen LogP contribution in [-0.4, -0.2) is 24.1 Å². The van der Waals surface area contributed by atoms with Gasteiger partial charge in [0, 0.05) is 21.2 Å². The van der Waals surface area contributed by atoms with Crippen LogP contribution in [0, 0.1) is 20.8 Å². The summed E-state index contributed by atoms with van der Waals surface area (Å²) >= 11 is 13.2. The Balaban J connectivity index is 1.63. The highest BCUT2D eigenvalue weighted by atomic mass is 35.5. The lowest BCUT2D eigenvalue weighted by atomic mass is 9.98. The number of carbonyl (C=O) groups excluding carboxylic acids is 1. The fourth-order valence-corrected chi connectivity index (χ4v) is 4.62. The van der Waals surface area contributed by atoms with Crippen molar-refractivity contribution in [3.63, 3.8) is 0 Å². The van der Waals surface area contributed by atoms with Gasteiger partial charge >= 0.3 is 0 Å². The summed E-state index contributed by atoms with van der Waals surface area (Å²) in [6.45, 7) is 5.72. The van der Waals surface area contributed by atoms with Crippen LogP contribution in [0.25, 0.3) is 0 Å². The van der Waals surface area contributed by atoms with E-state index in [1.54, 1.807) is 36.4 Å². The van der Waals surface area contributed by atoms with Gasteiger partial charge in [0.15, 0.2) is 0 Å². The quantitative estimate of drug-likeness (QED) is 0.469. The molecule has 0 aliphatic carbocycles. The highest BCUT2D eigenvalue weighted by molar-refractivity contribution is 6.38.